The standard InChI is InChI=1S/C20H16F3N3OS/c1-12(18(27)26-11-10-13-6-2-5-9-16(13)26)28-17-14-7-3-4-8-15(14)24-19(25-17)20(21,22)23/h2-9,12H,10-11H2,1H3/t12-/m1/s1. The van der Waals surface area contributed by atoms with Crippen molar-refractivity contribution < 1.29 is 18.0 Å². The van der Waals surface area contributed by atoms with Crippen molar-refractivity contribution in [3.05, 3.63) is 59.9 Å². The van der Waals surface area contributed by atoms with Crippen molar-refractivity contribution in [1.82, 2.24) is 9.97 Å². The third-order valence-corrected chi connectivity index (χ3v) is 5.70. The first-order valence-electron chi connectivity index (χ1n) is 8.74. The highest BCUT2D eigenvalue weighted by atomic mass is 32.2. The molecule has 1 aromatic heterocycles. The summed E-state index contributed by atoms with van der Waals surface area (Å²) in [6, 6.07) is 14.2. The Kier molecular flexibility index (Phi) is 4.74. The number of carbonyl (C=O) groups excluding carboxylic acids is 1. The van der Waals surface area contributed by atoms with E-state index in [-0.39, 0.29) is 16.4 Å². The average Bonchev–Trinajstić information content (AvgIpc) is 3.10. The highest BCUT2D eigenvalue weighted by molar-refractivity contribution is 8.00. The Morgan fingerprint density at radius 1 is 1.11 bits per heavy atom. The van der Waals surface area contributed by atoms with Gasteiger partial charge in [0.25, 0.3) is 0 Å². The van der Waals surface area contributed by atoms with Crippen molar-refractivity contribution in [3.63, 3.8) is 0 Å². The van der Waals surface area contributed by atoms with Crippen LogP contribution in [-0.4, -0.2) is 27.7 Å². The van der Waals surface area contributed by atoms with E-state index in [1.165, 1.54) is 6.07 Å². The fourth-order valence-electron chi connectivity index (χ4n) is 3.27. The van der Waals surface area contributed by atoms with Gasteiger partial charge in [-0.25, -0.2) is 9.97 Å². The third-order valence-electron chi connectivity index (χ3n) is 4.61. The first-order chi connectivity index (χ1) is 13.3. The predicted molar refractivity (Wildman–Crippen MR) is 102 cm³/mol. The van der Waals surface area contributed by atoms with Crippen LogP contribution in [0.5, 0.6) is 0 Å². The molecule has 0 aliphatic carbocycles. The summed E-state index contributed by atoms with van der Waals surface area (Å²) in [5, 5.41) is 0.0683. The van der Waals surface area contributed by atoms with Gasteiger partial charge in [-0.3, -0.25) is 4.79 Å². The lowest BCUT2D eigenvalue weighted by atomic mass is 10.2. The number of nitrogens with zero attached hydrogens (tertiary/aromatic N) is 3. The van der Waals surface area contributed by atoms with Crippen LogP contribution in [0.2, 0.25) is 0 Å². The molecule has 0 saturated carbocycles. The van der Waals surface area contributed by atoms with Crippen molar-refractivity contribution in [2.75, 3.05) is 11.4 Å². The zero-order valence-electron chi connectivity index (χ0n) is 14.9. The van der Waals surface area contributed by atoms with Crippen LogP contribution in [0.4, 0.5) is 18.9 Å². The van der Waals surface area contributed by atoms with E-state index in [4.69, 9.17) is 0 Å². The lowest BCUT2D eigenvalue weighted by Crippen LogP contribution is -2.35. The Morgan fingerprint density at radius 2 is 1.82 bits per heavy atom. The molecule has 4 nitrogen and oxygen atoms in total. The first kappa shape index (κ1) is 18.7. The average molecular weight is 403 g/mol. The van der Waals surface area contributed by atoms with E-state index in [0.717, 1.165) is 29.4 Å². The second-order valence-corrected chi connectivity index (χ2v) is 7.83. The SMILES string of the molecule is C[C@@H](Sc1nc(C(F)(F)F)nc2ccccc12)C(=O)N1CCc2ccccc21. The smallest absolute Gasteiger partial charge is 0.311 e. The summed E-state index contributed by atoms with van der Waals surface area (Å²) < 4.78 is 39.6. The molecule has 0 bridgehead atoms. The van der Waals surface area contributed by atoms with Crippen LogP contribution in [0.1, 0.15) is 18.3 Å². The second kappa shape index (κ2) is 7.09. The lowest BCUT2D eigenvalue weighted by Gasteiger charge is -2.21. The lowest BCUT2D eigenvalue weighted by molar-refractivity contribution is -0.145. The molecular formula is C20H16F3N3OS. The molecule has 0 N–H and O–H groups in total. The molecule has 1 atom stereocenters. The molecule has 4 rings (SSSR count). The van der Waals surface area contributed by atoms with Crippen molar-refractivity contribution >= 4 is 34.3 Å². The summed E-state index contributed by atoms with van der Waals surface area (Å²) >= 11 is 1.03. The summed E-state index contributed by atoms with van der Waals surface area (Å²) in [7, 11) is 0. The number of fused-ring (bicyclic) bond motifs is 2. The van der Waals surface area contributed by atoms with Crippen LogP contribution in [0.15, 0.2) is 53.6 Å². The number of alkyl halides is 3. The summed E-state index contributed by atoms with van der Waals surface area (Å²) in [6.07, 6.45) is -3.88. The highest BCUT2D eigenvalue weighted by Gasteiger charge is 2.36. The molecule has 0 fully saturated rings. The van der Waals surface area contributed by atoms with E-state index in [1.807, 2.05) is 24.3 Å². The Morgan fingerprint density at radius 3 is 2.61 bits per heavy atom. The number of thioether (sulfide) groups is 1. The molecule has 2 heterocycles. The van der Waals surface area contributed by atoms with Gasteiger partial charge >= 0.3 is 6.18 Å². The zero-order chi connectivity index (χ0) is 19.9. The number of carbonyl (C=O) groups is 1. The largest absolute Gasteiger partial charge is 0.451 e. The van der Waals surface area contributed by atoms with Crippen LogP contribution in [0, 0.1) is 0 Å². The van der Waals surface area contributed by atoms with Gasteiger partial charge in [0.15, 0.2) is 0 Å². The molecule has 8 heteroatoms. The Bertz CT molecular complexity index is 1050. The molecule has 2 aromatic carbocycles. The van der Waals surface area contributed by atoms with Crippen LogP contribution in [0.25, 0.3) is 10.9 Å². The van der Waals surface area contributed by atoms with Crippen LogP contribution in [0.3, 0.4) is 0 Å². The highest BCUT2D eigenvalue weighted by Crippen LogP contribution is 2.35. The van der Waals surface area contributed by atoms with Gasteiger partial charge in [0.1, 0.15) is 5.03 Å². The molecule has 1 amide bonds. The molecule has 0 spiro atoms. The molecule has 28 heavy (non-hydrogen) atoms. The van der Waals surface area contributed by atoms with E-state index >= 15 is 0 Å². The topological polar surface area (TPSA) is 46.1 Å². The minimum absolute atomic E-state index is 0.147. The van der Waals surface area contributed by atoms with E-state index in [1.54, 1.807) is 30.0 Å². The maximum absolute atomic E-state index is 13.2. The Hall–Kier alpha value is -2.61. The number of rotatable bonds is 3. The zero-order valence-corrected chi connectivity index (χ0v) is 15.7. The predicted octanol–water partition coefficient (Wildman–Crippen LogP) is 4.72. The summed E-state index contributed by atoms with van der Waals surface area (Å²) in [5.41, 5.74) is 2.17. The van der Waals surface area contributed by atoms with Gasteiger partial charge in [0.05, 0.1) is 10.8 Å². The van der Waals surface area contributed by atoms with Crippen LogP contribution >= 0.6 is 11.8 Å². The number of halogens is 3. The normalized spacial score (nSPS) is 14.9. The molecule has 0 unspecified atom stereocenters. The van der Waals surface area contributed by atoms with E-state index in [2.05, 4.69) is 9.97 Å². The number of benzene rings is 2. The minimum Gasteiger partial charge on any atom is -0.311 e. The van der Waals surface area contributed by atoms with Crippen molar-refractivity contribution in [2.45, 2.75) is 29.8 Å². The molecule has 3 aromatic rings. The minimum atomic E-state index is -4.65. The number of para-hydroxylation sites is 2. The molecule has 0 saturated heterocycles. The molecule has 1 aliphatic rings. The van der Waals surface area contributed by atoms with E-state index in [9.17, 15) is 18.0 Å². The number of hydrogen-bond acceptors (Lipinski definition) is 4. The van der Waals surface area contributed by atoms with Gasteiger partial charge in [-0.05, 0) is 31.0 Å². The second-order valence-electron chi connectivity index (χ2n) is 6.50. The van der Waals surface area contributed by atoms with Gasteiger partial charge in [0.2, 0.25) is 11.7 Å². The number of aromatic nitrogens is 2. The van der Waals surface area contributed by atoms with E-state index < -0.39 is 17.3 Å². The van der Waals surface area contributed by atoms with Crippen LogP contribution < -0.4 is 4.90 Å². The van der Waals surface area contributed by atoms with Gasteiger partial charge < -0.3 is 4.90 Å². The summed E-state index contributed by atoms with van der Waals surface area (Å²) in [5.74, 6) is -1.34. The molecule has 144 valence electrons. The fourth-order valence-corrected chi connectivity index (χ4v) is 4.27. The van der Waals surface area contributed by atoms with Gasteiger partial charge in [-0.1, -0.05) is 48.2 Å². The Labute approximate surface area is 163 Å². The first-order valence-corrected chi connectivity index (χ1v) is 9.62. The quantitative estimate of drug-likeness (QED) is 0.469. The Balaban J connectivity index is 1.65. The molecular weight excluding hydrogens is 387 g/mol. The number of amides is 1. The van der Waals surface area contributed by atoms with Crippen molar-refractivity contribution in [3.8, 4) is 0 Å². The van der Waals surface area contributed by atoms with Gasteiger partial charge in [-0.15, -0.1) is 0 Å². The summed E-state index contributed by atoms with van der Waals surface area (Å²) in [4.78, 5) is 22.0. The molecule has 0 radical (unpaired) electrons. The third kappa shape index (κ3) is 3.44. The maximum atomic E-state index is 13.2. The van der Waals surface area contributed by atoms with Gasteiger partial charge in [0, 0.05) is 17.6 Å². The molecule has 1 aliphatic heterocycles. The number of hydrogen-bond donors (Lipinski definition) is 0. The van der Waals surface area contributed by atoms with Crippen molar-refractivity contribution in [1.29, 1.82) is 0 Å². The van der Waals surface area contributed by atoms with Gasteiger partial charge in [-0.2, -0.15) is 13.2 Å². The monoisotopic (exact) mass is 403 g/mol. The van der Waals surface area contributed by atoms with E-state index in [0.29, 0.717) is 11.9 Å². The van der Waals surface area contributed by atoms with Crippen LogP contribution in [-0.2, 0) is 17.4 Å². The fraction of sp³-hybridized carbons (Fsp3) is 0.250. The maximum Gasteiger partial charge on any atom is 0.451 e. The summed E-state index contributed by atoms with van der Waals surface area (Å²) in [6.45, 7) is 2.26. The van der Waals surface area contributed by atoms with Crippen molar-refractivity contribution in [2.24, 2.45) is 0 Å². The number of anilines is 1.